The Balaban J connectivity index is 1.81. The molecule has 22 heavy (non-hydrogen) atoms. The maximum Gasteiger partial charge on any atom is 0.416 e. The summed E-state index contributed by atoms with van der Waals surface area (Å²) in [6.07, 6.45) is -2.87. The topological polar surface area (TPSA) is 22.3 Å². The second-order valence-corrected chi connectivity index (χ2v) is 5.02. The SMILES string of the molecule is FC(F)(F)c1ccc(C[n+]2ccccc2C2OCCO2)cc1. The Bertz CT molecular complexity index is 635. The van der Waals surface area contributed by atoms with Gasteiger partial charge >= 0.3 is 6.18 Å². The number of aromatic nitrogens is 1. The van der Waals surface area contributed by atoms with E-state index in [0.29, 0.717) is 19.8 Å². The van der Waals surface area contributed by atoms with Crippen molar-refractivity contribution in [3.8, 4) is 0 Å². The molecule has 0 atom stereocenters. The maximum absolute atomic E-state index is 12.6. The van der Waals surface area contributed by atoms with Gasteiger partial charge in [-0.25, -0.2) is 0 Å². The molecule has 1 aliphatic rings. The Hall–Kier alpha value is -1.92. The van der Waals surface area contributed by atoms with E-state index in [4.69, 9.17) is 9.47 Å². The first-order valence-electron chi connectivity index (χ1n) is 6.92. The highest BCUT2D eigenvalue weighted by molar-refractivity contribution is 5.24. The summed E-state index contributed by atoms with van der Waals surface area (Å²) in [5.74, 6) is 0. The number of alkyl halides is 3. The van der Waals surface area contributed by atoms with Gasteiger partial charge in [0, 0.05) is 17.7 Å². The van der Waals surface area contributed by atoms with Gasteiger partial charge in [-0.2, -0.15) is 17.7 Å². The number of ether oxygens (including phenoxy) is 2. The van der Waals surface area contributed by atoms with Crippen LogP contribution in [-0.2, 0) is 22.2 Å². The third-order valence-corrected chi connectivity index (χ3v) is 3.47. The highest BCUT2D eigenvalue weighted by Gasteiger charge is 2.30. The third-order valence-electron chi connectivity index (χ3n) is 3.47. The predicted molar refractivity (Wildman–Crippen MR) is 71.8 cm³/mol. The van der Waals surface area contributed by atoms with Crippen molar-refractivity contribution in [3.63, 3.8) is 0 Å². The highest BCUT2D eigenvalue weighted by atomic mass is 19.4. The average Bonchev–Trinajstić information content (AvgIpc) is 3.01. The van der Waals surface area contributed by atoms with Crippen LogP contribution in [0, 0.1) is 0 Å². The van der Waals surface area contributed by atoms with Crippen molar-refractivity contribution in [2.45, 2.75) is 19.0 Å². The van der Waals surface area contributed by atoms with Gasteiger partial charge in [0.05, 0.1) is 18.8 Å². The molecule has 3 rings (SSSR count). The lowest BCUT2D eigenvalue weighted by Crippen LogP contribution is -2.40. The van der Waals surface area contributed by atoms with E-state index in [1.807, 2.05) is 29.0 Å². The van der Waals surface area contributed by atoms with Crippen molar-refractivity contribution in [2.24, 2.45) is 0 Å². The zero-order chi connectivity index (χ0) is 15.6. The van der Waals surface area contributed by atoms with E-state index in [-0.39, 0.29) is 0 Å². The number of pyridine rings is 1. The van der Waals surface area contributed by atoms with Gasteiger partial charge in [0.25, 0.3) is 0 Å². The molecule has 6 heteroatoms. The van der Waals surface area contributed by atoms with Crippen LogP contribution in [0.15, 0.2) is 48.7 Å². The van der Waals surface area contributed by atoms with E-state index in [1.54, 1.807) is 0 Å². The molecule has 0 amide bonds. The molecule has 1 aromatic carbocycles. The molecule has 0 N–H and O–H groups in total. The van der Waals surface area contributed by atoms with Crippen molar-refractivity contribution < 1.29 is 27.2 Å². The van der Waals surface area contributed by atoms with Crippen LogP contribution in [0.25, 0.3) is 0 Å². The number of halogens is 3. The zero-order valence-corrected chi connectivity index (χ0v) is 11.7. The van der Waals surface area contributed by atoms with Crippen LogP contribution < -0.4 is 4.57 Å². The van der Waals surface area contributed by atoms with Crippen molar-refractivity contribution in [2.75, 3.05) is 13.2 Å². The summed E-state index contributed by atoms with van der Waals surface area (Å²) in [5.41, 5.74) is 0.986. The van der Waals surface area contributed by atoms with Gasteiger partial charge in [-0.1, -0.05) is 12.1 Å². The minimum Gasteiger partial charge on any atom is -0.341 e. The highest BCUT2D eigenvalue weighted by Crippen LogP contribution is 2.29. The molecule has 2 heterocycles. The van der Waals surface area contributed by atoms with Crippen molar-refractivity contribution in [3.05, 3.63) is 65.5 Å². The van der Waals surface area contributed by atoms with Crippen LogP contribution >= 0.6 is 0 Å². The fourth-order valence-corrected chi connectivity index (χ4v) is 2.37. The number of hydrogen-bond donors (Lipinski definition) is 0. The zero-order valence-electron chi connectivity index (χ0n) is 11.7. The molecular weight excluding hydrogens is 295 g/mol. The second-order valence-electron chi connectivity index (χ2n) is 5.02. The largest absolute Gasteiger partial charge is 0.416 e. The molecule has 0 radical (unpaired) electrons. The average molecular weight is 310 g/mol. The molecule has 0 spiro atoms. The number of hydrogen-bond acceptors (Lipinski definition) is 2. The van der Waals surface area contributed by atoms with Crippen LogP contribution in [0.3, 0.4) is 0 Å². The van der Waals surface area contributed by atoms with Crippen molar-refractivity contribution >= 4 is 0 Å². The van der Waals surface area contributed by atoms with Crippen LogP contribution in [0.2, 0.25) is 0 Å². The van der Waals surface area contributed by atoms with Gasteiger partial charge in [0.2, 0.25) is 12.0 Å². The predicted octanol–water partition coefficient (Wildman–Crippen LogP) is 3.09. The lowest BCUT2D eigenvalue weighted by molar-refractivity contribution is -0.701. The fourth-order valence-electron chi connectivity index (χ4n) is 2.37. The Morgan fingerprint density at radius 3 is 2.32 bits per heavy atom. The first-order valence-corrected chi connectivity index (χ1v) is 6.92. The number of nitrogens with zero attached hydrogens (tertiary/aromatic N) is 1. The van der Waals surface area contributed by atoms with Gasteiger partial charge in [-0.05, 0) is 18.2 Å². The fraction of sp³-hybridized carbons (Fsp3) is 0.312. The van der Waals surface area contributed by atoms with Gasteiger partial charge in [0.1, 0.15) is 0 Å². The van der Waals surface area contributed by atoms with Crippen LogP contribution in [0.1, 0.15) is 23.1 Å². The summed E-state index contributed by atoms with van der Waals surface area (Å²) < 4.78 is 50.6. The lowest BCUT2D eigenvalue weighted by Gasteiger charge is -2.10. The lowest BCUT2D eigenvalue weighted by atomic mass is 10.1. The van der Waals surface area contributed by atoms with Crippen molar-refractivity contribution in [1.29, 1.82) is 0 Å². The minimum atomic E-state index is -4.31. The molecule has 0 bridgehead atoms. The van der Waals surface area contributed by atoms with Crippen molar-refractivity contribution in [1.82, 2.24) is 0 Å². The summed E-state index contributed by atoms with van der Waals surface area (Å²) >= 11 is 0. The third kappa shape index (κ3) is 3.28. The summed E-state index contributed by atoms with van der Waals surface area (Å²) in [4.78, 5) is 0. The summed E-state index contributed by atoms with van der Waals surface area (Å²) in [7, 11) is 0. The molecular formula is C16H15F3NO2+. The van der Waals surface area contributed by atoms with E-state index in [2.05, 4.69) is 0 Å². The molecule has 0 saturated carbocycles. The first-order chi connectivity index (χ1) is 10.5. The molecule has 0 unspecified atom stereocenters. The summed E-state index contributed by atoms with van der Waals surface area (Å²) in [6, 6.07) is 10.8. The Morgan fingerprint density at radius 2 is 1.68 bits per heavy atom. The molecule has 1 saturated heterocycles. The summed E-state index contributed by atoms with van der Waals surface area (Å²) in [6.45, 7) is 1.54. The van der Waals surface area contributed by atoms with E-state index >= 15 is 0 Å². The van der Waals surface area contributed by atoms with Crippen LogP contribution in [0.4, 0.5) is 13.2 Å². The van der Waals surface area contributed by atoms with E-state index in [9.17, 15) is 13.2 Å². The van der Waals surface area contributed by atoms with Gasteiger partial charge < -0.3 is 9.47 Å². The van der Waals surface area contributed by atoms with E-state index in [0.717, 1.165) is 23.4 Å². The normalized spacial score (nSPS) is 16.1. The smallest absolute Gasteiger partial charge is 0.341 e. The van der Waals surface area contributed by atoms with Gasteiger partial charge in [-0.15, -0.1) is 0 Å². The summed E-state index contributed by atoms with van der Waals surface area (Å²) in [5, 5.41) is 0. The molecule has 2 aromatic rings. The van der Waals surface area contributed by atoms with Gasteiger partial charge in [0.15, 0.2) is 12.7 Å². The monoisotopic (exact) mass is 310 g/mol. The molecule has 0 aliphatic carbocycles. The Labute approximate surface area is 125 Å². The standard InChI is InChI=1S/C16H15F3NO2/c17-16(18,19)13-6-4-12(5-7-13)11-20-8-2-1-3-14(20)15-21-9-10-22-15/h1-8,15H,9-11H2/q+1. The van der Waals surface area contributed by atoms with E-state index in [1.165, 1.54) is 12.1 Å². The Kier molecular flexibility index (Phi) is 4.13. The second kappa shape index (κ2) is 6.06. The van der Waals surface area contributed by atoms with Gasteiger partial charge in [-0.3, -0.25) is 0 Å². The maximum atomic E-state index is 12.6. The molecule has 3 nitrogen and oxygen atoms in total. The van der Waals surface area contributed by atoms with Crippen LogP contribution in [0.5, 0.6) is 0 Å². The molecule has 1 fully saturated rings. The molecule has 116 valence electrons. The Morgan fingerprint density at radius 1 is 1.00 bits per heavy atom. The van der Waals surface area contributed by atoms with E-state index < -0.39 is 18.0 Å². The minimum absolute atomic E-state index is 0.421. The number of benzene rings is 1. The molecule has 1 aliphatic heterocycles. The van der Waals surface area contributed by atoms with Crippen LogP contribution in [-0.4, -0.2) is 13.2 Å². The molecule has 1 aromatic heterocycles. The first kappa shape index (κ1) is 15.0. The number of rotatable bonds is 3. The quantitative estimate of drug-likeness (QED) is 0.813.